The second-order valence-corrected chi connectivity index (χ2v) is 3.83. The van der Waals surface area contributed by atoms with Crippen molar-refractivity contribution in [3.05, 3.63) is 11.4 Å². The maximum atomic E-state index is 5.83. The van der Waals surface area contributed by atoms with Crippen LogP contribution < -0.4 is 11.1 Å². The largest absolute Gasteiger partial charge is 0.383 e. The van der Waals surface area contributed by atoms with Crippen molar-refractivity contribution in [1.82, 2.24) is 9.97 Å². The summed E-state index contributed by atoms with van der Waals surface area (Å²) in [6.07, 6.45) is 1.75. The monoisotopic (exact) mass is 238 g/mol. The van der Waals surface area contributed by atoms with E-state index in [0.29, 0.717) is 5.82 Å². The van der Waals surface area contributed by atoms with E-state index in [2.05, 4.69) is 15.3 Å². The summed E-state index contributed by atoms with van der Waals surface area (Å²) in [7, 11) is 0. The summed E-state index contributed by atoms with van der Waals surface area (Å²) >= 11 is 0. The molecule has 1 aromatic heterocycles. The molecule has 0 aliphatic carbocycles. The van der Waals surface area contributed by atoms with Crippen LogP contribution in [0, 0.1) is 6.92 Å². The molecule has 96 valence electrons. The summed E-state index contributed by atoms with van der Waals surface area (Å²) in [5.74, 6) is 2.18. The summed E-state index contributed by atoms with van der Waals surface area (Å²) in [6, 6.07) is 0. The molecule has 0 aliphatic rings. The molecule has 0 atom stereocenters. The standard InChI is InChI=1S/C12H22N4O/c1-4-10-15-11(13)9(3)12(16-10)14-7-6-8-17-5-2/h4-8H2,1-3H3,(H3,13,14,15,16). The summed E-state index contributed by atoms with van der Waals surface area (Å²) in [6.45, 7) is 8.31. The first-order valence-electron chi connectivity index (χ1n) is 6.13. The summed E-state index contributed by atoms with van der Waals surface area (Å²) in [5.41, 5.74) is 6.75. The van der Waals surface area contributed by atoms with Gasteiger partial charge in [0, 0.05) is 31.7 Å². The van der Waals surface area contributed by atoms with Gasteiger partial charge in [-0.05, 0) is 20.3 Å². The molecule has 3 N–H and O–H groups in total. The van der Waals surface area contributed by atoms with Gasteiger partial charge in [-0.1, -0.05) is 6.92 Å². The molecule has 5 heteroatoms. The van der Waals surface area contributed by atoms with E-state index < -0.39 is 0 Å². The van der Waals surface area contributed by atoms with E-state index in [0.717, 1.165) is 49.8 Å². The highest BCUT2D eigenvalue weighted by atomic mass is 16.5. The van der Waals surface area contributed by atoms with Gasteiger partial charge in [-0.3, -0.25) is 0 Å². The van der Waals surface area contributed by atoms with Gasteiger partial charge in [0.15, 0.2) is 0 Å². The zero-order chi connectivity index (χ0) is 12.7. The van der Waals surface area contributed by atoms with Crippen molar-refractivity contribution in [2.75, 3.05) is 30.8 Å². The first-order valence-corrected chi connectivity index (χ1v) is 6.13. The molecule has 0 unspecified atom stereocenters. The van der Waals surface area contributed by atoms with Gasteiger partial charge in [-0.15, -0.1) is 0 Å². The Balaban J connectivity index is 2.54. The average molecular weight is 238 g/mol. The zero-order valence-electron chi connectivity index (χ0n) is 10.9. The number of aryl methyl sites for hydroxylation is 1. The molecule has 0 radical (unpaired) electrons. The van der Waals surface area contributed by atoms with Crippen molar-refractivity contribution >= 4 is 11.6 Å². The highest BCUT2D eigenvalue weighted by Gasteiger charge is 2.06. The number of nitrogens with one attached hydrogen (secondary N) is 1. The van der Waals surface area contributed by atoms with Crippen LogP contribution in [-0.2, 0) is 11.2 Å². The van der Waals surface area contributed by atoms with Gasteiger partial charge >= 0.3 is 0 Å². The number of hydrogen-bond acceptors (Lipinski definition) is 5. The highest BCUT2D eigenvalue weighted by molar-refractivity contribution is 5.54. The highest BCUT2D eigenvalue weighted by Crippen LogP contribution is 2.17. The molecule has 17 heavy (non-hydrogen) atoms. The average Bonchev–Trinajstić information content (AvgIpc) is 2.33. The Morgan fingerprint density at radius 1 is 1.29 bits per heavy atom. The Morgan fingerprint density at radius 3 is 2.71 bits per heavy atom. The van der Waals surface area contributed by atoms with Crippen LogP contribution in [0.15, 0.2) is 0 Å². The predicted octanol–water partition coefficient (Wildman–Crippen LogP) is 1.77. The molecule has 0 amide bonds. The van der Waals surface area contributed by atoms with Gasteiger partial charge in [0.1, 0.15) is 17.5 Å². The zero-order valence-corrected chi connectivity index (χ0v) is 10.9. The predicted molar refractivity (Wildman–Crippen MR) is 70.2 cm³/mol. The molecule has 0 saturated carbocycles. The van der Waals surface area contributed by atoms with Gasteiger partial charge in [0.25, 0.3) is 0 Å². The maximum absolute atomic E-state index is 5.83. The minimum atomic E-state index is 0.559. The number of nitrogen functional groups attached to an aromatic ring is 1. The first kappa shape index (κ1) is 13.7. The third-order valence-electron chi connectivity index (χ3n) is 2.51. The third-order valence-corrected chi connectivity index (χ3v) is 2.51. The molecular weight excluding hydrogens is 216 g/mol. The van der Waals surface area contributed by atoms with Crippen LogP contribution in [-0.4, -0.2) is 29.7 Å². The van der Waals surface area contributed by atoms with Gasteiger partial charge in [-0.2, -0.15) is 0 Å². The van der Waals surface area contributed by atoms with Crippen molar-refractivity contribution < 1.29 is 4.74 Å². The van der Waals surface area contributed by atoms with Crippen molar-refractivity contribution in [2.45, 2.75) is 33.6 Å². The van der Waals surface area contributed by atoms with Crippen LogP contribution >= 0.6 is 0 Å². The molecule has 0 spiro atoms. The Bertz CT molecular complexity index is 355. The van der Waals surface area contributed by atoms with E-state index >= 15 is 0 Å². The van der Waals surface area contributed by atoms with Crippen LogP contribution in [0.1, 0.15) is 31.7 Å². The fraction of sp³-hybridized carbons (Fsp3) is 0.667. The molecule has 0 fully saturated rings. The van der Waals surface area contributed by atoms with E-state index in [9.17, 15) is 0 Å². The van der Waals surface area contributed by atoms with Crippen molar-refractivity contribution in [2.24, 2.45) is 0 Å². The smallest absolute Gasteiger partial charge is 0.134 e. The lowest BCUT2D eigenvalue weighted by molar-refractivity contribution is 0.147. The summed E-state index contributed by atoms with van der Waals surface area (Å²) in [5, 5.41) is 3.28. The number of nitrogens with zero attached hydrogens (tertiary/aromatic N) is 2. The second kappa shape index (κ2) is 7.06. The second-order valence-electron chi connectivity index (χ2n) is 3.83. The number of rotatable bonds is 7. The maximum Gasteiger partial charge on any atom is 0.134 e. The van der Waals surface area contributed by atoms with E-state index in [-0.39, 0.29) is 0 Å². The number of anilines is 2. The van der Waals surface area contributed by atoms with Crippen molar-refractivity contribution in [1.29, 1.82) is 0 Å². The van der Waals surface area contributed by atoms with Crippen LogP contribution in [0.2, 0.25) is 0 Å². The normalized spacial score (nSPS) is 10.5. The van der Waals surface area contributed by atoms with Gasteiger partial charge in [-0.25, -0.2) is 9.97 Å². The molecular formula is C12H22N4O. The van der Waals surface area contributed by atoms with Crippen LogP contribution in [0.25, 0.3) is 0 Å². The molecule has 1 heterocycles. The lowest BCUT2D eigenvalue weighted by Gasteiger charge is -2.11. The molecule has 1 rings (SSSR count). The lowest BCUT2D eigenvalue weighted by Crippen LogP contribution is -2.11. The van der Waals surface area contributed by atoms with E-state index in [1.165, 1.54) is 0 Å². The fourth-order valence-corrected chi connectivity index (χ4v) is 1.44. The Labute approximate surface area is 103 Å². The van der Waals surface area contributed by atoms with Gasteiger partial charge in [0.2, 0.25) is 0 Å². The van der Waals surface area contributed by atoms with Crippen LogP contribution in [0.3, 0.4) is 0 Å². The topological polar surface area (TPSA) is 73.1 Å². The SMILES string of the molecule is CCOCCCNc1nc(CC)nc(N)c1C. The van der Waals surface area contributed by atoms with Crippen molar-refractivity contribution in [3.63, 3.8) is 0 Å². The Kier molecular flexibility index (Phi) is 5.69. The van der Waals surface area contributed by atoms with E-state index in [1.807, 2.05) is 20.8 Å². The number of hydrogen-bond donors (Lipinski definition) is 2. The number of aromatic nitrogens is 2. The molecule has 1 aromatic rings. The van der Waals surface area contributed by atoms with Crippen LogP contribution in [0.5, 0.6) is 0 Å². The summed E-state index contributed by atoms with van der Waals surface area (Å²) in [4.78, 5) is 8.64. The molecule has 0 aromatic carbocycles. The summed E-state index contributed by atoms with van der Waals surface area (Å²) < 4.78 is 5.27. The molecule has 0 saturated heterocycles. The third kappa shape index (κ3) is 4.19. The molecule has 0 bridgehead atoms. The van der Waals surface area contributed by atoms with Gasteiger partial charge in [0.05, 0.1) is 0 Å². The minimum Gasteiger partial charge on any atom is -0.383 e. The first-order chi connectivity index (χ1) is 8.19. The van der Waals surface area contributed by atoms with Gasteiger partial charge < -0.3 is 15.8 Å². The Hall–Kier alpha value is -1.36. The quantitative estimate of drug-likeness (QED) is 0.708. The number of nitrogens with two attached hydrogens (primary N) is 1. The molecule has 0 aliphatic heterocycles. The fourth-order valence-electron chi connectivity index (χ4n) is 1.44. The van der Waals surface area contributed by atoms with Crippen LogP contribution in [0.4, 0.5) is 11.6 Å². The number of ether oxygens (including phenoxy) is 1. The molecule has 5 nitrogen and oxygen atoms in total. The van der Waals surface area contributed by atoms with Crippen molar-refractivity contribution in [3.8, 4) is 0 Å². The van der Waals surface area contributed by atoms with E-state index in [1.54, 1.807) is 0 Å². The minimum absolute atomic E-state index is 0.559. The Morgan fingerprint density at radius 2 is 2.06 bits per heavy atom. The van der Waals surface area contributed by atoms with E-state index in [4.69, 9.17) is 10.5 Å². The lowest BCUT2D eigenvalue weighted by atomic mass is 10.3.